The molecule has 0 bridgehead atoms. The Morgan fingerprint density at radius 1 is 1.36 bits per heavy atom. The fourth-order valence-corrected chi connectivity index (χ4v) is 0.736. The summed E-state index contributed by atoms with van der Waals surface area (Å²) in [5.74, 6) is -3.83. The number of rotatable bonds is 2. The van der Waals surface area contributed by atoms with E-state index in [1.54, 1.807) is 20.8 Å². The summed E-state index contributed by atoms with van der Waals surface area (Å²) in [5.41, 5.74) is 4.43. The largest absolute Gasteiger partial charge is 0.325 e. The van der Waals surface area contributed by atoms with E-state index in [1.165, 1.54) is 0 Å². The quantitative estimate of drug-likeness (QED) is 0.762. The Labute approximate surface area is 80.3 Å². The van der Waals surface area contributed by atoms with E-state index in [4.69, 9.17) is 5.73 Å². The molecule has 0 aromatic carbocycles. The van der Waals surface area contributed by atoms with Gasteiger partial charge in [0.1, 0.15) is 0 Å². The lowest BCUT2D eigenvalue weighted by Gasteiger charge is -2.15. The molecule has 0 saturated heterocycles. The molecular formula is C7H13F2N5. The van der Waals surface area contributed by atoms with Crippen molar-refractivity contribution in [2.45, 2.75) is 32.2 Å². The molecule has 0 radical (unpaired) electrons. The number of nitrogens with two attached hydrogens (primary N) is 1. The van der Waals surface area contributed by atoms with Gasteiger partial charge in [0.2, 0.25) is 5.82 Å². The molecule has 80 valence electrons. The zero-order chi connectivity index (χ0) is 11.0. The van der Waals surface area contributed by atoms with Gasteiger partial charge in [-0.15, -0.1) is 10.2 Å². The van der Waals surface area contributed by atoms with Crippen LogP contribution in [-0.4, -0.2) is 26.8 Å². The van der Waals surface area contributed by atoms with Crippen molar-refractivity contribution in [3.63, 3.8) is 0 Å². The molecule has 1 heterocycles. The van der Waals surface area contributed by atoms with E-state index in [0.717, 1.165) is 4.80 Å². The summed E-state index contributed by atoms with van der Waals surface area (Å²) in [6, 6.07) is 0. The Hall–Kier alpha value is -1.11. The zero-order valence-corrected chi connectivity index (χ0v) is 8.33. The maximum absolute atomic E-state index is 13.0. The van der Waals surface area contributed by atoms with Crippen molar-refractivity contribution in [2.75, 3.05) is 6.54 Å². The van der Waals surface area contributed by atoms with Crippen molar-refractivity contribution in [3.8, 4) is 0 Å². The number of alkyl halides is 2. The Morgan fingerprint density at radius 3 is 2.29 bits per heavy atom. The van der Waals surface area contributed by atoms with Crippen LogP contribution in [0.2, 0.25) is 0 Å². The van der Waals surface area contributed by atoms with E-state index in [-0.39, 0.29) is 0 Å². The van der Waals surface area contributed by atoms with Crippen LogP contribution >= 0.6 is 0 Å². The smallest absolute Gasteiger partial charge is 0.322 e. The van der Waals surface area contributed by atoms with Gasteiger partial charge in [0.05, 0.1) is 12.1 Å². The molecule has 1 aromatic rings. The van der Waals surface area contributed by atoms with Gasteiger partial charge in [-0.05, 0) is 26.0 Å². The standard InChI is InChI=1S/C7H13F2N5/c1-6(2,3)14-12-5(11-13-14)7(8,9)4-10/h4,10H2,1-3H3. The normalized spacial score (nSPS) is 13.3. The van der Waals surface area contributed by atoms with Gasteiger partial charge in [-0.2, -0.15) is 13.6 Å². The first kappa shape index (κ1) is 11.0. The van der Waals surface area contributed by atoms with E-state index in [0.29, 0.717) is 0 Å². The summed E-state index contributed by atoms with van der Waals surface area (Å²) >= 11 is 0. The average Bonchev–Trinajstić information content (AvgIpc) is 2.51. The third-order valence-electron chi connectivity index (χ3n) is 1.60. The van der Waals surface area contributed by atoms with E-state index in [9.17, 15) is 8.78 Å². The Bertz CT molecular complexity index is 314. The molecule has 2 N–H and O–H groups in total. The van der Waals surface area contributed by atoms with Gasteiger partial charge in [-0.1, -0.05) is 0 Å². The molecule has 1 rings (SSSR count). The Kier molecular flexibility index (Phi) is 2.53. The van der Waals surface area contributed by atoms with Gasteiger partial charge in [0.15, 0.2) is 0 Å². The van der Waals surface area contributed by atoms with Crippen LogP contribution < -0.4 is 5.73 Å². The van der Waals surface area contributed by atoms with Crippen LogP contribution in [0.15, 0.2) is 0 Å². The first-order valence-corrected chi connectivity index (χ1v) is 4.16. The molecule has 0 amide bonds. The second-order valence-corrected chi connectivity index (χ2v) is 3.98. The van der Waals surface area contributed by atoms with E-state index in [2.05, 4.69) is 15.4 Å². The lowest BCUT2D eigenvalue weighted by Crippen LogP contribution is -2.28. The molecule has 0 aliphatic heterocycles. The van der Waals surface area contributed by atoms with Crippen molar-refractivity contribution in [1.29, 1.82) is 0 Å². The predicted molar refractivity (Wildman–Crippen MR) is 45.8 cm³/mol. The van der Waals surface area contributed by atoms with Gasteiger partial charge in [-0.25, -0.2) is 0 Å². The molecule has 0 aliphatic rings. The van der Waals surface area contributed by atoms with E-state index in [1.807, 2.05) is 0 Å². The van der Waals surface area contributed by atoms with Crippen LogP contribution in [0.4, 0.5) is 8.78 Å². The van der Waals surface area contributed by atoms with Crippen molar-refractivity contribution in [1.82, 2.24) is 20.2 Å². The predicted octanol–water partition coefficient (Wildman–Crippen LogP) is 0.479. The van der Waals surface area contributed by atoms with Gasteiger partial charge < -0.3 is 5.73 Å². The Morgan fingerprint density at radius 2 is 1.93 bits per heavy atom. The third kappa shape index (κ3) is 2.03. The van der Waals surface area contributed by atoms with Crippen LogP contribution in [0.5, 0.6) is 0 Å². The highest BCUT2D eigenvalue weighted by Crippen LogP contribution is 2.22. The van der Waals surface area contributed by atoms with E-state index < -0.39 is 23.8 Å². The van der Waals surface area contributed by atoms with Crippen molar-refractivity contribution in [3.05, 3.63) is 5.82 Å². The van der Waals surface area contributed by atoms with Crippen LogP contribution in [0.25, 0.3) is 0 Å². The third-order valence-corrected chi connectivity index (χ3v) is 1.60. The molecule has 0 atom stereocenters. The number of halogens is 2. The minimum Gasteiger partial charge on any atom is -0.325 e. The summed E-state index contributed by atoms with van der Waals surface area (Å²) < 4.78 is 26.0. The topological polar surface area (TPSA) is 69.6 Å². The molecule has 0 fully saturated rings. The van der Waals surface area contributed by atoms with Gasteiger partial charge in [0, 0.05) is 0 Å². The van der Waals surface area contributed by atoms with Crippen LogP contribution in [0.1, 0.15) is 26.6 Å². The Balaban J connectivity index is 3.00. The van der Waals surface area contributed by atoms with Crippen molar-refractivity contribution in [2.24, 2.45) is 5.73 Å². The first-order valence-electron chi connectivity index (χ1n) is 4.16. The maximum atomic E-state index is 13.0. The van der Waals surface area contributed by atoms with Crippen LogP contribution in [0.3, 0.4) is 0 Å². The highest BCUT2D eigenvalue weighted by molar-refractivity contribution is 4.92. The number of tetrazole rings is 1. The number of nitrogens with zero attached hydrogens (tertiary/aromatic N) is 4. The highest BCUT2D eigenvalue weighted by atomic mass is 19.3. The minimum absolute atomic E-state index is 0.462. The molecule has 0 aliphatic carbocycles. The number of hydrogen-bond acceptors (Lipinski definition) is 4. The zero-order valence-electron chi connectivity index (χ0n) is 8.33. The molecule has 1 aromatic heterocycles. The fourth-order valence-electron chi connectivity index (χ4n) is 0.736. The summed E-state index contributed by atoms with van der Waals surface area (Å²) in [6.07, 6.45) is 0. The molecule has 14 heavy (non-hydrogen) atoms. The second-order valence-electron chi connectivity index (χ2n) is 3.98. The number of hydrogen-bond donors (Lipinski definition) is 1. The molecule has 7 heteroatoms. The van der Waals surface area contributed by atoms with Gasteiger partial charge in [-0.3, -0.25) is 0 Å². The molecule has 0 saturated carbocycles. The molecule has 5 nitrogen and oxygen atoms in total. The summed E-state index contributed by atoms with van der Waals surface area (Å²) in [6.45, 7) is 4.56. The minimum atomic E-state index is -3.20. The highest BCUT2D eigenvalue weighted by Gasteiger charge is 2.36. The van der Waals surface area contributed by atoms with Crippen LogP contribution in [-0.2, 0) is 11.5 Å². The first-order chi connectivity index (χ1) is 6.27. The van der Waals surface area contributed by atoms with Crippen molar-refractivity contribution >= 4 is 0 Å². The molecule has 0 spiro atoms. The summed E-state index contributed by atoms with van der Waals surface area (Å²) in [7, 11) is 0. The molecular weight excluding hydrogens is 192 g/mol. The van der Waals surface area contributed by atoms with Gasteiger partial charge >= 0.3 is 5.92 Å². The monoisotopic (exact) mass is 205 g/mol. The second kappa shape index (κ2) is 3.23. The molecule has 0 unspecified atom stereocenters. The average molecular weight is 205 g/mol. The SMILES string of the molecule is CC(C)(C)n1nnc(C(F)(F)CN)n1. The van der Waals surface area contributed by atoms with Crippen molar-refractivity contribution < 1.29 is 8.78 Å². The summed E-state index contributed by atoms with van der Waals surface area (Å²) in [4.78, 5) is 1.14. The summed E-state index contributed by atoms with van der Waals surface area (Å²) in [5, 5.41) is 10.4. The fraction of sp³-hybridized carbons (Fsp3) is 0.857. The van der Waals surface area contributed by atoms with Crippen LogP contribution in [0, 0.1) is 0 Å². The maximum Gasteiger partial charge on any atom is 0.322 e. The lowest BCUT2D eigenvalue weighted by atomic mass is 10.1. The van der Waals surface area contributed by atoms with Gasteiger partial charge in [0.25, 0.3) is 0 Å². The lowest BCUT2D eigenvalue weighted by molar-refractivity contribution is -0.00413. The van der Waals surface area contributed by atoms with E-state index >= 15 is 0 Å². The number of aromatic nitrogens is 4.